The molecule has 1 fully saturated rings. The van der Waals surface area contributed by atoms with Crippen molar-refractivity contribution in [2.24, 2.45) is 7.05 Å². The molecule has 0 N–H and O–H groups in total. The highest BCUT2D eigenvalue weighted by Crippen LogP contribution is 2.38. The van der Waals surface area contributed by atoms with Crippen molar-refractivity contribution in [1.29, 1.82) is 5.26 Å². The SMILES string of the molecule is COc1ccccc1[C@@H](c1ccc(F)cc1)N1CCN(c2c([N+](=O)[O-])c(=O)n(C)c3ccc(C#N)nc23)CC1. The van der Waals surface area contributed by atoms with Crippen LogP contribution in [0.1, 0.15) is 22.9 Å². The molecule has 1 atom stereocenters. The number of fused-ring (bicyclic) bond motifs is 1. The zero-order valence-electron chi connectivity index (χ0n) is 21.4. The molecule has 2 aromatic heterocycles. The number of piperazine rings is 1. The van der Waals surface area contributed by atoms with Crippen LogP contribution in [0.3, 0.4) is 0 Å². The molecule has 1 saturated heterocycles. The van der Waals surface area contributed by atoms with Crippen LogP contribution in [0.5, 0.6) is 5.75 Å². The molecule has 3 heterocycles. The topological polar surface area (TPSA) is 118 Å². The molecular weight excluding hydrogens is 503 g/mol. The lowest BCUT2D eigenvalue weighted by atomic mass is 9.95. The Morgan fingerprint density at radius 1 is 1.08 bits per heavy atom. The quantitative estimate of drug-likeness (QED) is 0.274. The maximum Gasteiger partial charge on any atom is 0.359 e. The Morgan fingerprint density at radius 2 is 1.77 bits per heavy atom. The van der Waals surface area contributed by atoms with Crippen molar-refractivity contribution < 1.29 is 14.1 Å². The van der Waals surface area contributed by atoms with Gasteiger partial charge in [-0.2, -0.15) is 5.26 Å². The van der Waals surface area contributed by atoms with E-state index in [1.165, 1.54) is 29.8 Å². The average molecular weight is 529 g/mol. The van der Waals surface area contributed by atoms with E-state index in [0.29, 0.717) is 37.4 Å². The summed E-state index contributed by atoms with van der Waals surface area (Å²) in [5, 5.41) is 21.5. The van der Waals surface area contributed by atoms with Crippen LogP contribution < -0.4 is 15.2 Å². The first kappa shape index (κ1) is 25.8. The first-order valence-electron chi connectivity index (χ1n) is 12.3. The second kappa shape index (κ2) is 10.5. The summed E-state index contributed by atoms with van der Waals surface area (Å²) < 4.78 is 20.6. The third-order valence-electron chi connectivity index (χ3n) is 7.10. The van der Waals surface area contributed by atoms with Gasteiger partial charge in [-0.1, -0.05) is 30.3 Å². The summed E-state index contributed by atoms with van der Waals surface area (Å²) in [6, 6.07) is 18.7. The third kappa shape index (κ3) is 4.66. The van der Waals surface area contributed by atoms with Crippen molar-refractivity contribution in [2.45, 2.75) is 6.04 Å². The van der Waals surface area contributed by atoms with Gasteiger partial charge in [0.2, 0.25) is 0 Å². The van der Waals surface area contributed by atoms with E-state index in [1.807, 2.05) is 30.3 Å². The first-order valence-corrected chi connectivity index (χ1v) is 12.3. The molecule has 39 heavy (non-hydrogen) atoms. The highest BCUT2D eigenvalue weighted by atomic mass is 19.1. The molecule has 0 saturated carbocycles. The molecule has 1 aliphatic heterocycles. The summed E-state index contributed by atoms with van der Waals surface area (Å²) in [7, 11) is 3.05. The minimum atomic E-state index is -0.741. The summed E-state index contributed by atoms with van der Waals surface area (Å²) in [6.07, 6.45) is 0. The van der Waals surface area contributed by atoms with Crippen LogP contribution >= 0.6 is 0 Å². The van der Waals surface area contributed by atoms with Crippen LogP contribution in [-0.4, -0.2) is 52.7 Å². The van der Waals surface area contributed by atoms with Crippen LogP contribution in [0, 0.1) is 27.3 Å². The number of aromatic nitrogens is 2. The van der Waals surface area contributed by atoms with E-state index in [4.69, 9.17) is 4.74 Å². The lowest BCUT2D eigenvalue weighted by molar-refractivity contribution is -0.385. The normalized spacial score (nSPS) is 14.7. The van der Waals surface area contributed by atoms with E-state index in [1.54, 1.807) is 30.2 Å². The number of ether oxygens (including phenoxy) is 1. The van der Waals surface area contributed by atoms with Gasteiger partial charge in [-0.3, -0.25) is 19.8 Å². The number of nitrogens with zero attached hydrogens (tertiary/aromatic N) is 6. The number of hydrogen-bond acceptors (Lipinski definition) is 8. The molecule has 0 amide bonds. The predicted molar refractivity (Wildman–Crippen MR) is 143 cm³/mol. The molecule has 0 spiro atoms. The van der Waals surface area contributed by atoms with E-state index in [2.05, 4.69) is 9.88 Å². The predicted octanol–water partition coefficient (Wildman–Crippen LogP) is 3.77. The molecule has 2 aromatic carbocycles. The fraction of sp³-hybridized carbons (Fsp3) is 0.250. The Kier molecular flexibility index (Phi) is 6.96. The van der Waals surface area contributed by atoms with Crippen LogP contribution in [0.25, 0.3) is 11.0 Å². The van der Waals surface area contributed by atoms with Crippen molar-refractivity contribution in [1.82, 2.24) is 14.5 Å². The lowest BCUT2D eigenvalue weighted by Crippen LogP contribution is -2.48. The average Bonchev–Trinajstić information content (AvgIpc) is 2.96. The van der Waals surface area contributed by atoms with Gasteiger partial charge in [-0.25, -0.2) is 9.37 Å². The highest BCUT2D eigenvalue weighted by Gasteiger charge is 2.34. The summed E-state index contributed by atoms with van der Waals surface area (Å²) in [5.74, 6) is 0.354. The Bertz CT molecular complexity index is 1660. The smallest absolute Gasteiger partial charge is 0.359 e. The zero-order chi connectivity index (χ0) is 27.7. The number of benzene rings is 2. The van der Waals surface area contributed by atoms with E-state index in [-0.39, 0.29) is 28.8 Å². The van der Waals surface area contributed by atoms with Gasteiger partial charge in [-0.15, -0.1) is 0 Å². The van der Waals surface area contributed by atoms with Crippen LogP contribution in [0.15, 0.2) is 65.5 Å². The third-order valence-corrected chi connectivity index (χ3v) is 7.10. The summed E-state index contributed by atoms with van der Waals surface area (Å²) in [6.45, 7) is 1.67. The molecule has 0 radical (unpaired) electrons. The number of aryl methyl sites for hydroxylation is 1. The van der Waals surface area contributed by atoms with Gasteiger partial charge in [0.1, 0.15) is 28.8 Å². The van der Waals surface area contributed by atoms with Crippen molar-refractivity contribution in [2.75, 3.05) is 38.2 Å². The van der Waals surface area contributed by atoms with E-state index >= 15 is 0 Å². The molecule has 1 aliphatic rings. The van der Waals surface area contributed by atoms with E-state index in [9.17, 15) is 24.6 Å². The Labute approximate surface area is 223 Å². The van der Waals surface area contributed by atoms with Gasteiger partial charge in [0.05, 0.1) is 23.6 Å². The molecular formula is C28H25FN6O4. The Hall–Kier alpha value is -4.82. The monoisotopic (exact) mass is 528 g/mol. The van der Waals surface area contributed by atoms with Crippen molar-refractivity contribution >= 4 is 22.4 Å². The van der Waals surface area contributed by atoms with Gasteiger partial charge in [0.15, 0.2) is 5.69 Å². The van der Waals surface area contributed by atoms with Gasteiger partial charge in [0, 0.05) is 38.8 Å². The molecule has 11 heteroatoms. The van der Waals surface area contributed by atoms with E-state index < -0.39 is 16.2 Å². The van der Waals surface area contributed by atoms with Crippen LogP contribution in [-0.2, 0) is 7.05 Å². The summed E-state index contributed by atoms with van der Waals surface area (Å²) >= 11 is 0. The Balaban J connectivity index is 1.56. The number of halogens is 1. The number of nitriles is 1. The molecule has 0 unspecified atom stereocenters. The number of methoxy groups -OCH3 is 1. The molecule has 0 aliphatic carbocycles. The molecule has 5 rings (SSSR count). The lowest BCUT2D eigenvalue weighted by Gasteiger charge is -2.40. The molecule has 0 bridgehead atoms. The molecule has 198 valence electrons. The highest BCUT2D eigenvalue weighted by molar-refractivity contribution is 5.94. The van der Waals surface area contributed by atoms with Crippen LogP contribution in [0.4, 0.5) is 15.8 Å². The molecule has 4 aromatic rings. The van der Waals surface area contributed by atoms with E-state index in [0.717, 1.165) is 11.1 Å². The van der Waals surface area contributed by atoms with Gasteiger partial charge >= 0.3 is 11.2 Å². The summed E-state index contributed by atoms with van der Waals surface area (Å²) in [5.41, 5.74) is 1.32. The number of hydrogen-bond donors (Lipinski definition) is 0. The summed E-state index contributed by atoms with van der Waals surface area (Å²) in [4.78, 5) is 32.8. The number of nitro groups is 1. The standard InChI is InChI=1S/C28H25FN6O4/c1-32-22-12-11-20(17-30)31-24(22)26(27(28(32)36)35(37)38)34-15-13-33(14-16-34)25(18-7-9-19(29)10-8-18)21-5-3-4-6-23(21)39-2/h3-12,25H,13-16H2,1-2H3/t25-/m1/s1. The molecule has 10 nitrogen and oxygen atoms in total. The first-order chi connectivity index (χ1) is 18.8. The van der Waals surface area contributed by atoms with Crippen molar-refractivity contribution in [3.8, 4) is 11.8 Å². The van der Waals surface area contributed by atoms with Crippen molar-refractivity contribution in [3.05, 3.63) is 104 Å². The van der Waals surface area contributed by atoms with Crippen molar-refractivity contribution in [3.63, 3.8) is 0 Å². The second-order valence-electron chi connectivity index (χ2n) is 9.21. The van der Waals surface area contributed by atoms with Gasteiger partial charge in [-0.05, 0) is 35.9 Å². The largest absolute Gasteiger partial charge is 0.496 e. The maximum atomic E-state index is 13.8. The second-order valence-corrected chi connectivity index (χ2v) is 9.21. The Morgan fingerprint density at radius 3 is 2.41 bits per heavy atom. The number of rotatable bonds is 6. The zero-order valence-corrected chi connectivity index (χ0v) is 21.4. The minimum absolute atomic E-state index is 0.0999. The fourth-order valence-corrected chi connectivity index (χ4v) is 5.23. The van der Waals surface area contributed by atoms with Gasteiger partial charge < -0.3 is 14.2 Å². The fourth-order valence-electron chi connectivity index (χ4n) is 5.23. The maximum absolute atomic E-state index is 13.8. The number of anilines is 1. The number of para-hydroxylation sites is 1. The van der Waals surface area contributed by atoms with Crippen LogP contribution in [0.2, 0.25) is 0 Å². The number of pyridine rings is 2. The minimum Gasteiger partial charge on any atom is -0.496 e. The van der Waals surface area contributed by atoms with Gasteiger partial charge in [0.25, 0.3) is 0 Å².